The first-order chi connectivity index (χ1) is 9.79. The molecule has 0 aliphatic rings. The summed E-state index contributed by atoms with van der Waals surface area (Å²) < 4.78 is 27.1. The molecular formula is C13H7Br2F2NO3. The van der Waals surface area contributed by atoms with Crippen LogP contribution in [-0.2, 0) is 0 Å². The average molecular weight is 423 g/mol. The maximum absolute atomic E-state index is 13.2. The van der Waals surface area contributed by atoms with Crippen LogP contribution in [0.2, 0.25) is 0 Å². The van der Waals surface area contributed by atoms with Crippen molar-refractivity contribution in [3.05, 3.63) is 50.4 Å². The van der Waals surface area contributed by atoms with Crippen LogP contribution in [0.1, 0.15) is 10.4 Å². The fourth-order valence-electron chi connectivity index (χ4n) is 1.54. The van der Waals surface area contributed by atoms with Crippen LogP contribution in [-0.4, -0.2) is 16.1 Å². The van der Waals surface area contributed by atoms with Crippen LogP contribution in [0.15, 0.2) is 33.2 Å². The van der Waals surface area contributed by atoms with E-state index >= 15 is 0 Å². The Morgan fingerprint density at radius 1 is 0.952 bits per heavy atom. The molecule has 0 spiro atoms. The minimum Gasteiger partial charge on any atom is -0.506 e. The number of carbonyl (C=O) groups is 1. The second-order valence-electron chi connectivity index (χ2n) is 4.03. The van der Waals surface area contributed by atoms with Gasteiger partial charge in [-0.05, 0) is 56.1 Å². The van der Waals surface area contributed by atoms with Crippen molar-refractivity contribution in [2.45, 2.75) is 0 Å². The Hall–Kier alpha value is -1.67. The molecule has 2 aromatic carbocycles. The van der Waals surface area contributed by atoms with Crippen molar-refractivity contribution in [3.8, 4) is 11.5 Å². The molecule has 4 nitrogen and oxygen atoms in total. The van der Waals surface area contributed by atoms with Crippen LogP contribution in [0, 0.1) is 11.6 Å². The van der Waals surface area contributed by atoms with Crippen LogP contribution in [0.5, 0.6) is 11.5 Å². The SMILES string of the molecule is O=C(Nc1cc(Br)c(O)c(Br)c1)c1cc(F)c(O)c(F)c1. The lowest BCUT2D eigenvalue weighted by Gasteiger charge is -2.09. The van der Waals surface area contributed by atoms with Crippen molar-refractivity contribution in [1.29, 1.82) is 0 Å². The Balaban J connectivity index is 2.30. The van der Waals surface area contributed by atoms with E-state index in [1.54, 1.807) is 0 Å². The molecule has 0 saturated heterocycles. The highest BCUT2D eigenvalue weighted by molar-refractivity contribution is 9.11. The maximum atomic E-state index is 13.2. The van der Waals surface area contributed by atoms with E-state index < -0.39 is 23.3 Å². The van der Waals surface area contributed by atoms with Gasteiger partial charge in [0.15, 0.2) is 17.4 Å². The van der Waals surface area contributed by atoms with Crippen molar-refractivity contribution in [2.75, 3.05) is 5.32 Å². The zero-order valence-corrected chi connectivity index (χ0v) is 13.3. The summed E-state index contributed by atoms with van der Waals surface area (Å²) >= 11 is 6.18. The second-order valence-corrected chi connectivity index (χ2v) is 5.74. The van der Waals surface area contributed by atoms with E-state index in [9.17, 15) is 18.7 Å². The molecule has 0 radical (unpaired) electrons. The third-order valence-electron chi connectivity index (χ3n) is 2.55. The van der Waals surface area contributed by atoms with Gasteiger partial charge in [-0.1, -0.05) is 0 Å². The Labute approximate surface area is 134 Å². The van der Waals surface area contributed by atoms with Crippen molar-refractivity contribution >= 4 is 43.5 Å². The maximum Gasteiger partial charge on any atom is 0.255 e. The van der Waals surface area contributed by atoms with E-state index in [0.29, 0.717) is 14.6 Å². The topological polar surface area (TPSA) is 69.6 Å². The Bertz CT molecular complexity index is 691. The van der Waals surface area contributed by atoms with Gasteiger partial charge in [0.1, 0.15) is 5.75 Å². The van der Waals surface area contributed by atoms with Gasteiger partial charge in [-0.2, -0.15) is 0 Å². The molecule has 1 amide bonds. The number of aromatic hydroxyl groups is 2. The summed E-state index contributed by atoms with van der Waals surface area (Å²) in [6, 6.07) is 4.28. The fourth-order valence-corrected chi connectivity index (χ4v) is 2.72. The van der Waals surface area contributed by atoms with Gasteiger partial charge in [-0.25, -0.2) is 8.78 Å². The summed E-state index contributed by atoms with van der Waals surface area (Å²) in [6.07, 6.45) is 0. The number of benzene rings is 2. The standard InChI is InChI=1S/C13H7Br2F2NO3/c14-7-3-6(4-8(15)11(7)19)18-13(21)5-1-9(16)12(20)10(17)2-5/h1-4,19-20H,(H,18,21). The molecule has 0 fully saturated rings. The van der Waals surface area contributed by atoms with E-state index in [4.69, 9.17) is 5.11 Å². The monoisotopic (exact) mass is 421 g/mol. The molecule has 3 N–H and O–H groups in total. The highest BCUT2D eigenvalue weighted by atomic mass is 79.9. The van der Waals surface area contributed by atoms with Gasteiger partial charge in [-0.15, -0.1) is 0 Å². The minimum atomic E-state index is -1.23. The third-order valence-corrected chi connectivity index (χ3v) is 3.76. The highest BCUT2D eigenvalue weighted by Gasteiger charge is 2.15. The molecule has 0 aromatic heterocycles. The molecule has 0 aliphatic carbocycles. The molecule has 8 heteroatoms. The molecule has 110 valence electrons. The fraction of sp³-hybridized carbons (Fsp3) is 0. The highest BCUT2D eigenvalue weighted by Crippen LogP contribution is 2.35. The normalized spacial score (nSPS) is 10.5. The zero-order valence-electron chi connectivity index (χ0n) is 10.1. The number of phenolic OH excluding ortho intramolecular Hbond substituents is 2. The van der Waals surface area contributed by atoms with Crippen LogP contribution >= 0.6 is 31.9 Å². The number of hydrogen-bond acceptors (Lipinski definition) is 3. The summed E-state index contributed by atoms with van der Waals surface area (Å²) in [4.78, 5) is 11.9. The molecule has 2 rings (SSSR count). The molecule has 0 heterocycles. The number of phenols is 2. The van der Waals surface area contributed by atoms with Gasteiger partial charge < -0.3 is 15.5 Å². The minimum absolute atomic E-state index is 0.0466. The number of nitrogens with one attached hydrogen (secondary N) is 1. The second kappa shape index (κ2) is 5.98. The first kappa shape index (κ1) is 15.7. The molecule has 0 atom stereocenters. The first-order valence-corrected chi connectivity index (χ1v) is 7.05. The van der Waals surface area contributed by atoms with E-state index in [1.165, 1.54) is 12.1 Å². The number of rotatable bonds is 2. The number of carbonyl (C=O) groups excluding carboxylic acids is 1. The molecule has 0 saturated carbocycles. The Morgan fingerprint density at radius 3 is 1.90 bits per heavy atom. The van der Waals surface area contributed by atoms with Gasteiger partial charge in [0, 0.05) is 11.3 Å². The molecule has 0 bridgehead atoms. The lowest BCUT2D eigenvalue weighted by Crippen LogP contribution is -2.12. The van der Waals surface area contributed by atoms with Gasteiger partial charge in [0.2, 0.25) is 0 Å². The number of anilines is 1. The van der Waals surface area contributed by atoms with Gasteiger partial charge in [0.05, 0.1) is 8.95 Å². The third kappa shape index (κ3) is 3.33. The van der Waals surface area contributed by atoms with Crippen LogP contribution in [0.25, 0.3) is 0 Å². The van der Waals surface area contributed by atoms with Crippen LogP contribution < -0.4 is 5.32 Å². The number of halogens is 4. The number of hydrogen-bond donors (Lipinski definition) is 3. The van der Waals surface area contributed by atoms with Crippen molar-refractivity contribution in [3.63, 3.8) is 0 Å². The molecule has 2 aromatic rings. The molecule has 0 aliphatic heterocycles. The van der Waals surface area contributed by atoms with Crippen molar-refractivity contribution in [1.82, 2.24) is 0 Å². The molecule has 0 unspecified atom stereocenters. The van der Waals surface area contributed by atoms with E-state index in [0.717, 1.165) is 12.1 Å². The summed E-state index contributed by atoms with van der Waals surface area (Å²) in [5.41, 5.74) is 0.00793. The van der Waals surface area contributed by atoms with Crippen molar-refractivity contribution < 1.29 is 23.8 Å². The molecular weight excluding hydrogens is 416 g/mol. The van der Waals surface area contributed by atoms with Gasteiger partial charge >= 0.3 is 0 Å². The molecule has 21 heavy (non-hydrogen) atoms. The predicted molar refractivity (Wildman–Crippen MR) is 79.5 cm³/mol. The predicted octanol–water partition coefficient (Wildman–Crippen LogP) is 4.15. The van der Waals surface area contributed by atoms with Crippen molar-refractivity contribution in [2.24, 2.45) is 0 Å². The Morgan fingerprint density at radius 2 is 1.43 bits per heavy atom. The number of amides is 1. The lowest BCUT2D eigenvalue weighted by molar-refractivity contribution is 0.102. The van der Waals surface area contributed by atoms with E-state index in [1.807, 2.05) is 0 Å². The summed E-state index contributed by atoms with van der Waals surface area (Å²) in [6.45, 7) is 0. The van der Waals surface area contributed by atoms with Gasteiger partial charge in [-0.3, -0.25) is 4.79 Å². The smallest absolute Gasteiger partial charge is 0.255 e. The summed E-state index contributed by atoms with van der Waals surface area (Å²) in [5, 5.41) is 21.0. The lowest BCUT2D eigenvalue weighted by atomic mass is 10.2. The summed E-state index contributed by atoms with van der Waals surface area (Å²) in [7, 11) is 0. The van der Waals surface area contributed by atoms with E-state index in [2.05, 4.69) is 37.2 Å². The quantitative estimate of drug-likeness (QED) is 0.636. The van der Waals surface area contributed by atoms with Gasteiger partial charge in [0.25, 0.3) is 5.91 Å². The average Bonchev–Trinajstić information content (AvgIpc) is 2.41. The van der Waals surface area contributed by atoms with Crippen LogP contribution in [0.3, 0.4) is 0 Å². The summed E-state index contributed by atoms with van der Waals surface area (Å²) in [5.74, 6) is -4.41. The zero-order chi connectivity index (χ0) is 15.7. The largest absolute Gasteiger partial charge is 0.506 e. The van der Waals surface area contributed by atoms with E-state index in [-0.39, 0.29) is 11.3 Å². The first-order valence-electron chi connectivity index (χ1n) is 5.47. The van der Waals surface area contributed by atoms with Crippen LogP contribution in [0.4, 0.5) is 14.5 Å². The Kier molecular flexibility index (Phi) is 4.48.